The quantitative estimate of drug-likeness (QED) is 0.878. The SMILES string of the molecule is COc1cc(Cl)c(C)cc1NC(=O)c1cc(N2CCCC(C)C2)ncn1. The molecule has 6 nitrogen and oxygen atoms in total. The summed E-state index contributed by atoms with van der Waals surface area (Å²) in [6.07, 6.45) is 3.80. The van der Waals surface area contributed by atoms with E-state index in [0.29, 0.717) is 28.1 Å². The van der Waals surface area contributed by atoms with Crippen LogP contribution in [0.15, 0.2) is 24.5 Å². The molecule has 0 saturated carbocycles. The van der Waals surface area contributed by atoms with Crippen molar-refractivity contribution in [3.8, 4) is 5.75 Å². The summed E-state index contributed by atoms with van der Waals surface area (Å²) in [4.78, 5) is 23.3. The summed E-state index contributed by atoms with van der Waals surface area (Å²) in [7, 11) is 1.54. The molecule has 1 saturated heterocycles. The standard InChI is InChI=1S/C19H23ClN4O2/c1-12-5-4-6-24(10-12)18-9-16(21-11-22-18)19(25)23-15-7-13(2)14(20)8-17(15)26-3/h7-9,11-12H,4-6,10H2,1-3H3,(H,23,25). The van der Waals surface area contributed by atoms with Crippen molar-refractivity contribution in [2.45, 2.75) is 26.7 Å². The van der Waals surface area contributed by atoms with Crippen molar-refractivity contribution in [3.05, 3.63) is 40.8 Å². The summed E-state index contributed by atoms with van der Waals surface area (Å²) >= 11 is 6.12. The molecule has 0 spiro atoms. The first-order valence-electron chi connectivity index (χ1n) is 8.70. The second-order valence-electron chi connectivity index (χ2n) is 6.71. The Hall–Kier alpha value is -2.34. The average molecular weight is 375 g/mol. The highest BCUT2D eigenvalue weighted by Gasteiger charge is 2.20. The summed E-state index contributed by atoms with van der Waals surface area (Å²) in [5.74, 6) is 1.61. The van der Waals surface area contributed by atoms with E-state index in [-0.39, 0.29) is 5.91 Å². The monoisotopic (exact) mass is 374 g/mol. The zero-order valence-electron chi connectivity index (χ0n) is 15.3. The number of nitrogens with zero attached hydrogens (tertiary/aromatic N) is 3. The van der Waals surface area contributed by atoms with Crippen LogP contribution in [0.25, 0.3) is 0 Å². The van der Waals surface area contributed by atoms with Gasteiger partial charge in [0.25, 0.3) is 5.91 Å². The predicted octanol–water partition coefficient (Wildman–Crippen LogP) is 3.94. The van der Waals surface area contributed by atoms with Crippen LogP contribution in [0.2, 0.25) is 5.02 Å². The summed E-state index contributed by atoms with van der Waals surface area (Å²) in [6, 6.07) is 5.21. The van der Waals surface area contributed by atoms with Gasteiger partial charge in [-0.15, -0.1) is 0 Å². The van der Waals surface area contributed by atoms with Crippen LogP contribution in [-0.2, 0) is 0 Å². The minimum Gasteiger partial charge on any atom is -0.495 e. The molecule has 1 N–H and O–H groups in total. The van der Waals surface area contributed by atoms with Crippen LogP contribution in [-0.4, -0.2) is 36.1 Å². The molecule has 1 atom stereocenters. The maximum Gasteiger partial charge on any atom is 0.274 e. The molecule has 3 rings (SSSR count). The lowest BCUT2D eigenvalue weighted by Gasteiger charge is -2.31. The zero-order chi connectivity index (χ0) is 18.7. The van der Waals surface area contributed by atoms with Crippen LogP contribution in [0, 0.1) is 12.8 Å². The Balaban J connectivity index is 1.80. The van der Waals surface area contributed by atoms with Crippen molar-refractivity contribution in [1.82, 2.24) is 9.97 Å². The number of ether oxygens (including phenoxy) is 1. The van der Waals surface area contributed by atoms with Gasteiger partial charge >= 0.3 is 0 Å². The number of rotatable bonds is 4. The minimum absolute atomic E-state index is 0.307. The molecule has 26 heavy (non-hydrogen) atoms. The largest absolute Gasteiger partial charge is 0.495 e. The minimum atomic E-state index is -0.307. The number of hydrogen-bond donors (Lipinski definition) is 1. The lowest BCUT2D eigenvalue weighted by molar-refractivity contribution is 0.102. The Labute approximate surface area is 158 Å². The van der Waals surface area contributed by atoms with Gasteiger partial charge in [0.2, 0.25) is 0 Å². The Bertz CT molecular complexity index is 812. The lowest BCUT2D eigenvalue weighted by atomic mass is 10.0. The van der Waals surface area contributed by atoms with Crippen LogP contribution < -0.4 is 15.0 Å². The zero-order valence-corrected chi connectivity index (χ0v) is 16.0. The maximum absolute atomic E-state index is 12.7. The van der Waals surface area contributed by atoms with Gasteiger partial charge in [0.15, 0.2) is 0 Å². The fourth-order valence-electron chi connectivity index (χ4n) is 3.16. The molecule has 1 aliphatic heterocycles. The van der Waals surface area contributed by atoms with E-state index in [1.165, 1.54) is 19.9 Å². The molecule has 1 amide bonds. The second-order valence-corrected chi connectivity index (χ2v) is 7.12. The Morgan fingerprint density at radius 3 is 2.88 bits per heavy atom. The summed E-state index contributed by atoms with van der Waals surface area (Å²) in [5.41, 5.74) is 1.74. The number of methoxy groups -OCH3 is 1. The number of aromatic nitrogens is 2. The third kappa shape index (κ3) is 4.07. The van der Waals surface area contributed by atoms with E-state index in [2.05, 4.69) is 27.1 Å². The van der Waals surface area contributed by atoms with E-state index in [1.807, 2.05) is 6.92 Å². The van der Waals surface area contributed by atoms with Gasteiger partial charge in [0, 0.05) is 30.2 Å². The molecule has 1 aromatic carbocycles. The number of nitrogens with one attached hydrogen (secondary N) is 1. The van der Waals surface area contributed by atoms with Gasteiger partial charge in [-0.1, -0.05) is 18.5 Å². The van der Waals surface area contributed by atoms with E-state index < -0.39 is 0 Å². The normalized spacial score (nSPS) is 17.1. The van der Waals surface area contributed by atoms with Crippen molar-refractivity contribution in [1.29, 1.82) is 0 Å². The third-order valence-corrected chi connectivity index (χ3v) is 5.00. The van der Waals surface area contributed by atoms with Crippen LogP contribution in [0.5, 0.6) is 5.75 Å². The van der Waals surface area contributed by atoms with Crippen molar-refractivity contribution in [3.63, 3.8) is 0 Å². The van der Waals surface area contributed by atoms with Crippen LogP contribution in [0.4, 0.5) is 11.5 Å². The summed E-state index contributed by atoms with van der Waals surface area (Å²) < 4.78 is 5.31. The molecule has 1 fully saturated rings. The topological polar surface area (TPSA) is 67.3 Å². The van der Waals surface area contributed by atoms with Gasteiger partial charge in [-0.3, -0.25) is 4.79 Å². The smallest absolute Gasteiger partial charge is 0.274 e. The van der Waals surface area contributed by atoms with E-state index in [9.17, 15) is 4.79 Å². The highest BCUT2D eigenvalue weighted by Crippen LogP contribution is 2.31. The number of carbonyl (C=O) groups is 1. The van der Waals surface area contributed by atoms with E-state index >= 15 is 0 Å². The van der Waals surface area contributed by atoms with Crippen LogP contribution in [0.1, 0.15) is 35.8 Å². The molecule has 1 unspecified atom stereocenters. The number of amides is 1. The van der Waals surface area contributed by atoms with Crippen molar-refractivity contribution in [2.75, 3.05) is 30.4 Å². The van der Waals surface area contributed by atoms with E-state index in [1.54, 1.807) is 18.2 Å². The fraction of sp³-hybridized carbons (Fsp3) is 0.421. The lowest BCUT2D eigenvalue weighted by Crippen LogP contribution is -2.35. The van der Waals surface area contributed by atoms with Crippen molar-refractivity contribution >= 4 is 29.0 Å². The average Bonchev–Trinajstić information content (AvgIpc) is 2.64. The van der Waals surface area contributed by atoms with Crippen LogP contribution >= 0.6 is 11.6 Å². The number of aryl methyl sites for hydroxylation is 1. The molecule has 2 heterocycles. The Morgan fingerprint density at radius 2 is 2.15 bits per heavy atom. The molecule has 0 aliphatic carbocycles. The predicted molar refractivity (Wildman–Crippen MR) is 103 cm³/mol. The first-order valence-corrected chi connectivity index (χ1v) is 9.08. The number of benzene rings is 1. The number of halogens is 1. The van der Waals surface area contributed by atoms with Crippen molar-refractivity contribution < 1.29 is 9.53 Å². The number of piperidine rings is 1. The first-order chi connectivity index (χ1) is 12.5. The molecule has 1 aromatic heterocycles. The van der Waals surface area contributed by atoms with Gasteiger partial charge in [-0.05, 0) is 37.3 Å². The van der Waals surface area contributed by atoms with Gasteiger partial charge in [-0.25, -0.2) is 9.97 Å². The van der Waals surface area contributed by atoms with Crippen LogP contribution in [0.3, 0.4) is 0 Å². The second kappa shape index (κ2) is 7.91. The molecule has 0 bridgehead atoms. The fourth-order valence-corrected chi connectivity index (χ4v) is 3.31. The number of carbonyl (C=O) groups excluding carboxylic acids is 1. The van der Waals surface area contributed by atoms with E-state index in [4.69, 9.17) is 16.3 Å². The Morgan fingerprint density at radius 1 is 1.35 bits per heavy atom. The molecule has 138 valence electrons. The van der Waals surface area contributed by atoms with E-state index in [0.717, 1.165) is 30.9 Å². The maximum atomic E-state index is 12.7. The Kier molecular flexibility index (Phi) is 5.61. The molecule has 1 aliphatic rings. The van der Waals surface area contributed by atoms with Gasteiger partial charge in [0.05, 0.1) is 12.8 Å². The first kappa shape index (κ1) is 18.5. The summed E-state index contributed by atoms with van der Waals surface area (Å²) in [5, 5.41) is 3.44. The van der Waals surface area contributed by atoms with Gasteiger partial charge < -0.3 is 15.0 Å². The molecule has 7 heteroatoms. The molecule has 0 radical (unpaired) electrons. The van der Waals surface area contributed by atoms with Gasteiger partial charge in [0.1, 0.15) is 23.6 Å². The third-order valence-electron chi connectivity index (χ3n) is 4.60. The molecular weight excluding hydrogens is 352 g/mol. The van der Waals surface area contributed by atoms with Gasteiger partial charge in [-0.2, -0.15) is 0 Å². The summed E-state index contributed by atoms with van der Waals surface area (Å²) in [6.45, 7) is 6.00. The molecular formula is C19H23ClN4O2. The molecule has 2 aromatic rings. The van der Waals surface area contributed by atoms with Crippen molar-refractivity contribution in [2.24, 2.45) is 5.92 Å². The number of anilines is 2. The highest BCUT2D eigenvalue weighted by molar-refractivity contribution is 6.31. The highest BCUT2D eigenvalue weighted by atomic mass is 35.5. The number of hydrogen-bond acceptors (Lipinski definition) is 5.